The molecule has 1 rings (SSSR count). The zero-order valence-electron chi connectivity index (χ0n) is 9.26. The summed E-state index contributed by atoms with van der Waals surface area (Å²) in [5.41, 5.74) is 11.4. The van der Waals surface area contributed by atoms with Crippen LogP contribution >= 0.6 is 11.8 Å². The van der Waals surface area contributed by atoms with Crippen LogP contribution in [-0.2, 0) is 0 Å². The molecular formula is C11H16N4S. The SMILES string of the molecule is CCCSc1ccccc1C=NN=C(N)N. The largest absolute Gasteiger partial charge is 0.369 e. The minimum Gasteiger partial charge on any atom is -0.369 e. The van der Waals surface area contributed by atoms with E-state index in [1.165, 1.54) is 4.90 Å². The van der Waals surface area contributed by atoms with Crippen molar-refractivity contribution in [2.24, 2.45) is 21.7 Å². The number of hydrogen-bond acceptors (Lipinski definition) is 3. The fourth-order valence-electron chi connectivity index (χ4n) is 1.09. The Morgan fingerprint density at radius 2 is 2.12 bits per heavy atom. The first kappa shape index (κ1) is 12.6. The molecule has 0 radical (unpaired) electrons. The molecule has 0 aliphatic heterocycles. The molecule has 1 aromatic carbocycles. The van der Waals surface area contributed by atoms with Crippen molar-refractivity contribution >= 4 is 23.9 Å². The summed E-state index contributed by atoms with van der Waals surface area (Å²) in [5.74, 6) is 1.06. The van der Waals surface area contributed by atoms with Crippen LogP contribution in [0, 0.1) is 0 Å². The van der Waals surface area contributed by atoms with E-state index in [9.17, 15) is 0 Å². The van der Waals surface area contributed by atoms with Crippen LogP contribution in [0.4, 0.5) is 0 Å². The molecule has 0 atom stereocenters. The second-order valence-electron chi connectivity index (χ2n) is 3.16. The van der Waals surface area contributed by atoms with Crippen molar-refractivity contribution in [3.63, 3.8) is 0 Å². The van der Waals surface area contributed by atoms with Crippen molar-refractivity contribution < 1.29 is 0 Å². The minimum absolute atomic E-state index is 0.0325. The molecule has 0 bridgehead atoms. The molecule has 0 spiro atoms. The molecule has 86 valence electrons. The maximum atomic E-state index is 5.18. The summed E-state index contributed by atoms with van der Waals surface area (Å²) in [4.78, 5) is 1.19. The van der Waals surface area contributed by atoms with Crippen molar-refractivity contribution in [2.75, 3.05) is 5.75 Å². The van der Waals surface area contributed by atoms with Gasteiger partial charge in [-0.15, -0.1) is 16.9 Å². The first-order valence-electron chi connectivity index (χ1n) is 5.08. The van der Waals surface area contributed by atoms with E-state index in [0.717, 1.165) is 17.7 Å². The molecule has 0 aliphatic rings. The number of hydrogen-bond donors (Lipinski definition) is 2. The van der Waals surface area contributed by atoms with E-state index in [4.69, 9.17) is 11.5 Å². The van der Waals surface area contributed by atoms with Gasteiger partial charge in [-0.2, -0.15) is 5.10 Å². The molecular weight excluding hydrogens is 220 g/mol. The molecule has 4 nitrogen and oxygen atoms in total. The normalized spacial score (nSPS) is 10.6. The van der Waals surface area contributed by atoms with Gasteiger partial charge in [-0.25, -0.2) is 0 Å². The van der Waals surface area contributed by atoms with Gasteiger partial charge in [0.2, 0.25) is 5.96 Å². The maximum Gasteiger partial charge on any atom is 0.211 e. The molecule has 0 aliphatic carbocycles. The van der Waals surface area contributed by atoms with E-state index < -0.39 is 0 Å². The highest BCUT2D eigenvalue weighted by Gasteiger charge is 1.98. The Balaban J connectivity index is 2.78. The van der Waals surface area contributed by atoms with Crippen LogP contribution in [0.2, 0.25) is 0 Å². The lowest BCUT2D eigenvalue weighted by molar-refractivity contribution is 1.10. The van der Waals surface area contributed by atoms with Crippen molar-refractivity contribution in [3.05, 3.63) is 29.8 Å². The van der Waals surface area contributed by atoms with Crippen molar-refractivity contribution in [1.29, 1.82) is 0 Å². The zero-order chi connectivity index (χ0) is 11.8. The van der Waals surface area contributed by atoms with E-state index in [1.54, 1.807) is 18.0 Å². The van der Waals surface area contributed by atoms with E-state index in [1.807, 2.05) is 18.2 Å². The van der Waals surface area contributed by atoms with Crippen molar-refractivity contribution in [1.82, 2.24) is 0 Å². The van der Waals surface area contributed by atoms with Gasteiger partial charge >= 0.3 is 0 Å². The molecule has 0 aromatic heterocycles. The lowest BCUT2D eigenvalue weighted by atomic mass is 10.2. The molecule has 0 unspecified atom stereocenters. The van der Waals surface area contributed by atoms with Gasteiger partial charge in [0.1, 0.15) is 0 Å². The Bertz CT molecular complexity index is 383. The highest BCUT2D eigenvalue weighted by atomic mass is 32.2. The topological polar surface area (TPSA) is 76.8 Å². The third-order valence-electron chi connectivity index (χ3n) is 1.75. The fraction of sp³-hybridized carbons (Fsp3) is 0.273. The summed E-state index contributed by atoms with van der Waals surface area (Å²) in [5, 5.41) is 7.38. The summed E-state index contributed by atoms with van der Waals surface area (Å²) < 4.78 is 0. The average Bonchev–Trinajstić information content (AvgIpc) is 2.27. The average molecular weight is 236 g/mol. The summed E-state index contributed by atoms with van der Waals surface area (Å²) in [6, 6.07) is 8.03. The van der Waals surface area contributed by atoms with E-state index in [0.29, 0.717) is 0 Å². The Labute approximate surface area is 99.8 Å². The first-order chi connectivity index (χ1) is 7.74. The zero-order valence-corrected chi connectivity index (χ0v) is 10.1. The van der Waals surface area contributed by atoms with Crippen LogP contribution in [0.15, 0.2) is 39.4 Å². The Morgan fingerprint density at radius 3 is 2.81 bits per heavy atom. The van der Waals surface area contributed by atoms with Crippen molar-refractivity contribution in [2.45, 2.75) is 18.2 Å². The molecule has 5 heteroatoms. The van der Waals surface area contributed by atoms with Gasteiger partial charge in [0, 0.05) is 10.5 Å². The summed E-state index contributed by atoms with van der Waals surface area (Å²) >= 11 is 1.80. The molecule has 0 amide bonds. The third-order valence-corrected chi connectivity index (χ3v) is 3.05. The highest BCUT2D eigenvalue weighted by molar-refractivity contribution is 7.99. The molecule has 1 aromatic rings. The lowest BCUT2D eigenvalue weighted by Gasteiger charge is -2.02. The molecule has 0 heterocycles. The van der Waals surface area contributed by atoms with Crippen LogP contribution in [0.3, 0.4) is 0 Å². The van der Waals surface area contributed by atoms with E-state index in [-0.39, 0.29) is 5.96 Å². The molecule has 0 saturated heterocycles. The maximum absolute atomic E-state index is 5.18. The van der Waals surface area contributed by atoms with E-state index >= 15 is 0 Å². The predicted molar refractivity (Wildman–Crippen MR) is 70.9 cm³/mol. The van der Waals surface area contributed by atoms with Crippen molar-refractivity contribution in [3.8, 4) is 0 Å². The van der Waals surface area contributed by atoms with Gasteiger partial charge in [-0.1, -0.05) is 25.1 Å². The van der Waals surface area contributed by atoms with Gasteiger partial charge in [0.05, 0.1) is 6.21 Å². The molecule has 16 heavy (non-hydrogen) atoms. The number of benzene rings is 1. The molecule has 0 saturated carbocycles. The second-order valence-corrected chi connectivity index (χ2v) is 4.29. The number of thioether (sulfide) groups is 1. The first-order valence-corrected chi connectivity index (χ1v) is 6.06. The quantitative estimate of drug-likeness (QED) is 0.354. The number of guanidine groups is 1. The predicted octanol–water partition coefficient (Wildman–Crippen LogP) is 1.80. The Hall–Kier alpha value is -1.49. The van der Waals surface area contributed by atoms with Gasteiger partial charge in [-0.05, 0) is 18.2 Å². The highest BCUT2D eigenvalue weighted by Crippen LogP contribution is 2.21. The van der Waals surface area contributed by atoms with Gasteiger partial charge in [-0.3, -0.25) is 0 Å². The minimum atomic E-state index is -0.0325. The smallest absolute Gasteiger partial charge is 0.211 e. The number of rotatable bonds is 5. The number of nitrogens with two attached hydrogens (primary N) is 2. The molecule has 0 fully saturated rings. The van der Waals surface area contributed by atoms with Crippen LogP contribution < -0.4 is 11.5 Å². The van der Waals surface area contributed by atoms with Crippen LogP contribution in [0.25, 0.3) is 0 Å². The van der Waals surface area contributed by atoms with E-state index in [2.05, 4.69) is 23.2 Å². The standard InChI is InChI=1S/C11H16N4S/c1-2-7-16-10-6-4-3-5-9(10)8-14-15-11(12)13/h3-6,8H,2,7H2,1H3,(H4,12,13,15). The summed E-state index contributed by atoms with van der Waals surface area (Å²) in [6.45, 7) is 2.16. The van der Waals surface area contributed by atoms with Crippen LogP contribution in [0.1, 0.15) is 18.9 Å². The monoisotopic (exact) mass is 236 g/mol. The second kappa shape index (κ2) is 6.90. The number of nitrogens with zero attached hydrogens (tertiary/aromatic N) is 2. The third kappa shape index (κ3) is 4.35. The Kier molecular flexibility index (Phi) is 5.42. The molecule has 4 N–H and O–H groups in total. The van der Waals surface area contributed by atoms with Crippen LogP contribution in [0.5, 0.6) is 0 Å². The Morgan fingerprint density at radius 1 is 1.38 bits per heavy atom. The van der Waals surface area contributed by atoms with Gasteiger partial charge < -0.3 is 11.5 Å². The summed E-state index contributed by atoms with van der Waals surface area (Å²) in [7, 11) is 0. The van der Waals surface area contributed by atoms with Gasteiger partial charge in [0.15, 0.2) is 0 Å². The summed E-state index contributed by atoms with van der Waals surface area (Å²) in [6.07, 6.45) is 2.81. The lowest BCUT2D eigenvalue weighted by Crippen LogP contribution is -2.21. The van der Waals surface area contributed by atoms with Crippen LogP contribution in [-0.4, -0.2) is 17.9 Å². The van der Waals surface area contributed by atoms with Gasteiger partial charge in [0.25, 0.3) is 0 Å². The fourth-order valence-corrected chi connectivity index (χ4v) is 1.97.